The number of ether oxygens (including phenoxy) is 1. The Morgan fingerprint density at radius 2 is 1.15 bits per heavy atom. The van der Waals surface area contributed by atoms with Crippen LogP contribution < -0.4 is 9.64 Å². The van der Waals surface area contributed by atoms with Gasteiger partial charge in [-0.3, -0.25) is 0 Å². The number of rotatable bonds is 12. The zero-order valence-corrected chi connectivity index (χ0v) is 21.4. The van der Waals surface area contributed by atoms with Crippen LogP contribution in [0.25, 0.3) is 0 Å². The van der Waals surface area contributed by atoms with E-state index in [0.29, 0.717) is 0 Å². The molecule has 34 heavy (non-hydrogen) atoms. The molecule has 3 aromatic rings. The summed E-state index contributed by atoms with van der Waals surface area (Å²) in [6, 6.07) is 24.5. The van der Waals surface area contributed by atoms with E-state index in [1.807, 2.05) is 0 Å². The fourth-order valence-corrected chi connectivity index (χ4v) is 5.17. The van der Waals surface area contributed by atoms with Gasteiger partial charge in [-0.25, -0.2) is 0 Å². The first kappa shape index (κ1) is 24.4. The standard InChI is InChI=1S/C32H41NO/c1-4-6-8-11-19-27-21-15-23-29-31(27)34-32-28(20-12-9-7-5-2)22-16-24-30(32)33(29)25(3)26-17-13-10-14-18-26/h10,13-18,21-25H,4-9,11-12,19-20H2,1-3H3. The van der Waals surface area contributed by atoms with E-state index in [0.717, 1.165) is 24.3 Å². The van der Waals surface area contributed by atoms with Gasteiger partial charge in [-0.1, -0.05) is 107 Å². The lowest BCUT2D eigenvalue weighted by atomic mass is 9.97. The second kappa shape index (κ2) is 12.1. The first-order chi connectivity index (χ1) is 16.7. The molecule has 4 rings (SSSR count). The molecule has 2 nitrogen and oxygen atoms in total. The summed E-state index contributed by atoms with van der Waals surface area (Å²) in [7, 11) is 0. The summed E-state index contributed by atoms with van der Waals surface area (Å²) < 4.78 is 6.83. The van der Waals surface area contributed by atoms with E-state index in [9.17, 15) is 0 Å². The largest absolute Gasteiger partial charge is 0.452 e. The Hall–Kier alpha value is -2.74. The van der Waals surface area contributed by atoms with E-state index in [2.05, 4.69) is 92.4 Å². The molecule has 3 aromatic carbocycles. The van der Waals surface area contributed by atoms with Crippen molar-refractivity contribution < 1.29 is 4.74 Å². The topological polar surface area (TPSA) is 12.5 Å². The summed E-state index contributed by atoms with van der Waals surface area (Å²) in [5.41, 5.74) is 6.39. The Morgan fingerprint density at radius 1 is 0.618 bits per heavy atom. The zero-order valence-electron chi connectivity index (χ0n) is 21.4. The number of unbranched alkanes of at least 4 members (excludes halogenated alkanes) is 6. The molecule has 0 N–H and O–H groups in total. The minimum absolute atomic E-state index is 0.216. The molecule has 0 radical (unpaired) electrons. The van der Waals surface area contributed by atoms with Crippen LogP contribution in [0.5, 0.6) is 11.5 Å². The first-order valence-electron chi connectivity index (χ1n) is 13.5. The number of benzene rings is 3. The van der Waals surface area contributed by atoms with Crippen molar-refractivity contribution in [1.29, 1.82) is 0 Å². The number of nitrogens with zero attached hydrogens (tertiary/aromatic N) is 1. The molecule has 180 valence electrons. The second-order valence-electron chi connectivity index (χ2n) is 9.71. The van der Waals surface area contributed by atoms with Crippen LogP contribution in [0.15, 0.2) is 66.7 Å². The molecule has 1 aliphatic rings. The molecule has 1 heterocycles. The smallest absolute Gasteiger partial charge is 0.154 e. The van der Waals surface area contributed by atoms with E-state index < -0.39 is 0 Å². The van der Waals surface area contributed by atoms with Crippen molar-refractivity contribution in [2.75, 3.05) is 4.90 Å². The average molecular weight is 456 g/mol. The average Bonchev–Trinajstić information content (AvgIpc) is 2.88. The maximum atomic E-state index is 6.83. The number of hydrogen-bond acceptors (Lipinski definition) is 2. The summed E-state index contributed by atoms with van der Waals surface area (Å²) >= 11 is 0. The van der Waals surface area contributed by atoms with Crippen LogP contribution in [0.3, 0.4) is 0 Å². The highest BCUT2D eigenvalue weighted by molar-refractivity contribution is 5.81. The molecule has 0 spiro atoms. The number of fused-ring (bicyclic) bond motifs is 2. The van der Waals surface area contributed by atoms with E-state index in [-0.39, 0.29) is 6.04 Å². The van der Waals surface area contributed by atoms with E-state index in [4.69, 9.17) is 4.74 Å². The lowest BCUT2D eigenvalue weighted by molar-refractivity contribution is 0.454. The Balaban J connectivity index is 1.73. The van der Waals surface area contributed by atoms with Crippen molar-refractivity contribution in [3.05, 3.63) is 83.4 Å². The van der Waals surface area contributed by atoms with Gasteiger partial charge in [0.25, 0.3) is 0 Å². The number of hydrogen-bond donors (Lipinski definition) is 0. The second-order valence-corrected chi connectivity index (χ2v) is 9.71. The highest BCUT2D eigenvalue weighted by atomic mass is 16.5. The van der Waals surface area contributed by atoms with Crippen LogP contribution in [0.1, 0.15) is 94.9 Å². The van der Waals surface area contributed by atoms with Gasteiger partial charge in [0.15, 0.2) is 11.5 Å². The van der Waals surface area contributed by atoms with Crippen LogP contribution in [0, 0.1) is 0 Å². The molecule has 1 unspecified atom stereocenters. The van der Waals surface area contributed by atoms with Crippen LogP contribution in [-0.4, -0.2) is 0 Å². The van der Waals surface area contributed by atoms with Crippen LogP contribution >= 0.6 is 0 Å². The molecule has 0 aromatic heterocycles. The Labute approximate surface area is 207 Å². The molecular weight excluding hydrogens is 414 g/mol. The Bertz CT molecular complexity index is 981. The first-order valence-corrected chi connectivity index (χ1v) is 13.5. The lowest BCUT2D eigenvalue weighted by Gasteiger charge is -2.39. The van der Waals surface area contributed by atoms with Crippen molar-refractivity contribution in [2.24, 2.45) is 0 Å². The third-order valence-electron chi connectivity index (χ3n) is 7.14. The predicted molar refractivity (Wildman–Crippen MR) is 146 cm³/mol. The summed E-state index contributed by atoms with van der Waals surface area (Å²) in [6.07, 6.45) is 12.3. The van der Waals surface area contributed by atoms with Crippen molar-refractivity contribution >= 4 is 11.4 Å². The minimum atomic E-state index is 0.216. The summed E-state index contributed by atoms with van der Waals surface area (Å²) in [5, 5.41) is 0. The van der Waals surface area contributed by atoms with Gasteiger partial charge in [-0.05, 0) is 61.4 Å². The Kier molecular flexibility index (Phi) is 8.68. The van der Waals surface area contributed by atoms with Crippen molar-refractivity contribution in [2.45, 2.75) is 91.0 Å². The third kappa shape index (κ3) is 5.49. The van der Waals surface area contributed by atoms with Gasteiger partial charge in [-0.15, -0.1) is 0 Å². The minimum Gasteiger partial charge on any atom is -0.452 e. The lowest BCUT2D eigenvalue weighted by Crippen LogP contribution is -2.25. The third-order valence-corrected chi connectivity index (χ3v) is 7.14. The Morgan fingerprint density at radius 3 is 1.65 bits per heavy atom. The summed E-state index contributed by atoms with van der Waals surface area (Å²) in [6.45, 7) is 6.86. The number of para-hydroxylation sites is 2. The van der Waals surface area contributed by atoms with Crippen molar-refractivity contribution in [3.63, 3.8) is 0 Å². The van der Waals surface area contributed by atoms with Gasteiger partial charge in [0.1, 0.15) is 0 Å². The van der Waals surface area contributed by atoms with Gasteiger partial charge < -0.3 is 9.64 Å². The summed E-state index contributed by atoms with van der Waals surface area (Å²) in [4.78, 5) is 2.51. The molecule has 2 heteroatoms. The van der Waals surface area contributed by atoms with E-state index >= 15 is 0 Å². The SMILES string of the molecule is CCCCCCc1cccc2c1Oc1c(CCCCCC)cccc1N2C(C)c1ccccc1. The highest BCUT2D eigenvalue weighted by Crippen LogP contribution is 2.53. The maximum Gasteiger partial charge on any atom is 0.154 e. The maximum absolute atomic E-state index is 6.83. The van der Waals surface area contributed by atoms with Crippen LogP contribution in [0.4, 0.5) is 11.4 Å². The number of aryl methyl sites for hydroxylation is 2. The van der Waals surface area contributed by atoms with E-state index in [1.54, 1.807) is 0 Å². The van der Waals surface area contributed by atoms with Gasteiger partial charge in [0, 0.05) is 0 Å². The molecule has 0 amide bonds. The molecular formula is C32H41NO. The molecule has 0 saturated heterocycles. The van der Waals surface area contributed by atoms with Gasteiger partial charge >= 0.3 is 0 Å². The van der Waals surface area contributed by atoms with Gasteiger partial charge in [-0.2, -0.15) is 0 Å². The highest BCUT2D eigenvalue weighted by Gasteiger charge is 2.31. The molecule has 0 bridgehead atoms. The monoisotopic (exact) mass is 455 g/mol. The fourth-order valence-electron chi connectivity index (χ4n) is 5.17. The number of anilines is 2. The molecule has 1 atom stereocenters. The van der Waals surface area contributed by atoms with Crippen LogP contribution in [0.2, 0.25) is 0 Å². The van der Waals surface area contributed by atoms with Crippen molar-refractivity contribution in [3.8, 4) is 11.5 Å². The molecule has 1 aliphatic heterocycles. The fraction of sp³-hybridized carbons (Fsp3) is 0.438. The van der Waals surface area contributed by atoms with Gasteiger partial charge in [0.2, 0.25) is 0 Å². The van der Waals surface area contributed by atoms with Crippen LogP contribution in [-0.2, 0) is 12.8 Å². The van der Waals surface area contributed by atoms with Gasteiger partial charge in [0.05, 0.1) is 17.4 Å². The predicted octanol–water partition coefficient (Wildman–Crippen LogP) is 9.94. The molecule has 0 saturated carbocycles. The molecule has 0 aliphatic carbocycles. The zero-order chi connectivity index (χ0) is 23.8. The van der Waals surface area contributed by atoms with E-state index in [1.165, 1.54) is 79.4 Å². The normalized spacial score (nSPS) is 13.2. The molecule has 0 fully saturated rings. The summed E-state index contributed by atoms with van der Waals surface area (Å²) in [5.74, 6) is 2.13. The quantitative estimate of drug-likeness (QED) is 0.252. The van der Waals surface area contributed by atoms with Crippen molar-refractivity contribution in [1.82, 2.24) is 0 Å².